The van der Waals surface area contributed by atoms with Crippen molar-refractivity contribution in [2.75, 3.05) is 10.6 Å². The Morgan fingerprint density at radius 2 is 1.73 bits per heavy atom. The van der Waals surface area contributed by atoms with Crippen LogP contribution in [0.3, 0.4) is 0 Å². The van der Waals surface area contributed by atoms with E-state index in [0.717, 1.165) is 0 Å². The van der Waals surface area contributed by atoms with E-state index in [-0.39, 0.29) is 22.9 Å². The summed E-state index contributed by atoms with van der Waals surface area (Å²) in [7, 11) is 3.30. The first-order valence-electron chi connectivity index (χ1n) is 9.18. The lowest BCUT2D eigenvalue weighted by molar-refractivity contribution is -0.112. The van der Waals surface area contributed by atoms with Crippen molar-refractivity contribution in [2.24, 2.45) is 14.1 Å². The molecule has 156 valence electrons. The normalized spacial score (nSPS) is 10.7. The van der Waals surface area contributed by atoms with Gasteiger partial charge in [0.25, 0.3) is 17.6 Å². The number of amides is 2. The number of anilines is 2. The minimum atomic E-state index is -0.849. The Morgan fingerprint density at radius 1 is 1.03 bits per heavy atom. The maximum absolute atomic E-state index is 13.5. The molecule has 8 nitrogen and oxygen atoms in total. The number of hydrogen-bond acceptors (Lipinski definition) is 4. The Hall–Kier alpha value is -3.75. The Labute approximate surface area is 172 Å². The van der Waals surface area contributed by atoms with Crippen LogP contribution in [0.25, 0.3) is 0 Å². The van der Waals surface area contributed by atoms with Crippen molar-refractivity contribution in [2.45, 2.75) is 20.8 Å². The molecule has 0 saturated heterocycles. The van der Waals surface area contributed by atoms with E-state index in [9.17, 15) is 18.8 Å². The average molecular weight is 411 g/mol. The summed E-state index contributed by atoms with van der Waals surface area (Å²) in [5.41, 5.74) is 2.14. The van der Waals surface area contributed by atoms with E-state index in [1.54, 1.807) is 47.1 Å². The zero-order valence-electron chi connectivity index (χ0n) is 17.3. The van der Waals surface area contributed by atoms with Crippen molar-refractivity contribution in [1.82, 2.24) is 14.3 Å². The van der Waals surface area contributed by atoms with Crippen LogP contribution >= 0.6 is 0 Å². The summed E-state index contributed by atoms with van der Waals surface area (Å²) in [5, 5.41) is 9.19. The summed E-state index contributed by atoms with van der Waals surface area (Å²) in [6.45, 7) is 4.89. The standard InChI is InChI=1S/C21H22FN5O3/c1-11-10-14(6-7-15(11)22)23-20(29)17-12(2)18(27(5)13(17)3)19(28)21(30)24-16-8-9-26(4)25-16/h6-10H,1-5H3,(H,23,29)(H,24,25,30). The molecule has 0 unspecified atom stereocenters. The summed E-state index contributed by atoms with van der Waals surface area (Å²) in [6, 6.07) is 5.82. The van der Waals surface area contributed by atoms with E-state index in [1.165, 1.54) is 27.4 Å². The number of nitrogens with one attached hydrogen (secondary N) is 2. The first kappa shape index (κ1) is 21.0. The maximum atomic E-state index is 13.5. The van der Waals surface area contributed by atoms with Gasteiger partial charge >= 0.3 is 0 Å². The second-order valence-electron chi connectivity index (χ2n) is 7.07. The zero-order chi connectivity index (χ0) is 22.2. The molecule has 0 saturated carbocycles. The highest BCUT2D eigenvalue weighted by molar-refractivity contribution is 6.46. The minimum Gasteiger partial charge on any atom is -0.344 e. The highest BCUT2D eigenvalue weighted by atomic mass is 19.1. The third-order valence-electron chi connectivity index (χ3n) is 4.95. The van der Waals surface area contributed by atoms with Crippen LogP contribution in [-0.4, -0.2) is 31.9 Å². The van der Waals surface area contributed by atoms with Crippen LogP contribution in [0.1, 0.15) is 37.7 Å². The smallest absolute Gasteiger partial charge is 0.299 e. The van der Waals surface area contributed by atoms with E-state index in [4.69, 9.17) is 0 Å². The molecule has 0 bridgehead atoms. The van der Waals surface area contributed by atoms with Crippen LogP contribution in [0.4, 0.5) is 15.9 Å². The fourth-order valence-corrected chi connectivity index (χ4v) is 3.31. The molecule has 2 heterocycles. The second kappa shape index (κ2) is 7.94. The predicted octanol–water partition coefficient (Wildman–Crippen LogP) is 2.90. The number of aryl methyl sites for hydroxylation is 2. The SMILES string of the molecule is Cc1cc(NC(=O)c2c(C)c(C(=O)C(=O)Nc3ccn(C)n3)n(C)c2C)ccc1F. The van der Waals surface area contributed by atoms with E-state index >= 15 is 0 Å². The minimum absolute atomic E-state index is 0.112. The van der Waals surface area contributed by atoms with Crippen molar-refractivity contribution in [3.63, 3.8) is 0 Å². The highest BCUT2D eigenvalue weighted by Crippen LogP contribution is 2.24. The summed E-state index contributed by atoms with van der Waals surface area (Å²) < 4.78 is 16.5. The van der Waals surface area contributed by atoms with Crippen LogP contribution in [0, 0.1) is 26.6 Å². The third kappa shape index (κ3) is 3.86. The largest absolute Gasteiger partial charge is 0.344 e. The topological polar surface area (TPSA) is 98.0 Å². The molecular formula is C21H22FN5O3. The maximum Gasteiger partial charge on any atom is 0.299 e. The molecule has 0 fully saturated rings. The number of Topliss-reactive ketones (excluding diaryl/α,β-unsaturated/α-hetero) is 1. The third-order valence-corrected chi connectivity index (χ3v) is 4.95. The first-order chi connectivity index (χ1) is 14.1. The number of carbonyl (C=O) groups excluding carboxylic acids is 3. The van der Waals surface area contributed by atoms with Crippen LogP contribution < -0.4 is 10.6 Å². The Morgan fingerprint density at radius 3 is 2.33 bits per heavy atom. The van der Waals surface area contributed by atoms with Gasteiger partial charge in [0.2, 0.25) is 0 Å². The van der Waals surface area contributed by atoms with Gasteiger partial charge in [-0.2, -0.15) is 5.10 Å². The van der Waals surface area contributed by atoms with Gasteiger partial charge < -0.3 is 15.2 Å². The van der Waals surface area contributed by atoms with Gasteiger partial charge in [-0.15, -0.1) is 0 Å². The predicted molar refractivity (Wildman–Crippen MR) is 110 cm³/mol. The fourth-order valence-electron chi connectivity index (χ4n) is 3.31. The summed E-state index contributed by atoms with van der Waals surface area (Å²) in [5.74, 6) is -2.19. The number of hydrogen-bond donors (Lipinski definition) is 2. The number of nitrogens with zero attached hydrogens (tertiary/aromatic N) is 3. The molecule has 0 aliphatic carbocycles. The molecule has 0 spiro atoms. The molecule has 2 N–H and O–H groups in total. The molecule has 30 heavy (non-hydrogen) atoms. The Kier molecular flexibility index (Phi) is 5.55. The van der Waals surface area contributed by atoms with Gasteiger partial charge in [0, 0.05) is 37.7 Å². The number of carbonyl (C=O) groups is 3. The van der Waals surface area contributed by atoms with E-state index in [2.05, 4.69) is 15.7 Å². The van der Waals surface area contributed by atoms with Gasteiger partial charge in [0.15, 0.2) is 5.82 Å². The molecule has 9 heteroatoms. The number of ketones is 1. The Balaban J connectivity index is 1.88. The van der Waals surface area contributed by atoms with Crippen molar-refractivity contribution >= 4 is 29.1 Å². The lowest BCUT2D eigenvalue weighted by Crippen LogP contribution is -2.26. The van der Waals surface area contributed by atoms with Gasteiger partial charge in [-0.1, -0.05) is 0 Å². The summed E-state index contributed by atoms with van der Waals surface area (Å²) in [4.78, 5) is 38.1. The van der Waals surface area contributed by atoms with Gasteiger partial charge in [0.1, 0.15) is 5.82 Å². The van der Waals surface area contributed by atoms with Crippen molar-refractivity contribution in [3.05, 3.63) is 64.4 Å². The summed E-state index contributed by atoms with van der Waals surface area (Å²) >= 11 is 0. The number of rotatable bonds is 5. The van der Waals surface area contributed by atoms with Crippen molar-refractivity contribution in [3.8, 4) is 0 Å². The first-order valence-corrected chi connectivity index (χ1v) is 9.18. The van der Waals surface area contributed by atoms with Crippen LogP contribution in [0.15, 0.2) is 30.5 Å². The number of halogens is 1. The lowest BCUT2D eigenvalue weighted by Gasteiger charge is -2.07. The van der Waals surface area contributed by atoms with Gasteiger partial charge in [-0.25, -0.2) is 4.39 Å². The van der Waals surface area contributed by atoms with Crippen LogP contribution in [0.5, 0.6) is 0 Å². The quantitative estimate of drug-likeness (QED) is 0.498. The van der Waals surface area contributed by atoms with Gasteiger partial charge in [-0.3, -0.25) is 19.1 Å². The molecule has 0 radical (unpaired) electrons. The van der Waals surface area contributed by atoms with Gasteiger partial charge in [-0.05, 0) is 50.1 Å². The van der Waals surface area contributed by atoms with E-state index in [1.807, 2.05) is 0 Å². The molecule has 1 aromatic carbocycles. The molecule has 0 atom stereocenters. The Bertz CT molecular complexity index is 1180. The molecule has 2 aromatic heterocycles. The molecule has 3 aromatic rings. The number of benzene rings is 1. The fraction of sp³-hybridized carbons (Fsp3) is 0.238. The molecule has 0 aliphatic rings. The number of aromatic nitrogens is 3. The molecular weight excluding hydrogens is 389 g/mol. The molecule has 0 aliphatic heterocycles. The van der Waals surface area contributed by atoms with E-state index < -0.39 is 17.6 Å². The molecule has 3 rings (SSSR count). The monoisotopic (exact) mass is 411 g/mol. The second-order valence-corrected chi connectivity index (χ2v) is 7.07. The van der Waals surface area contributed by atoms with Crippen molar-refractivity contribution in [1.29, 1.82) is 0 Å². The lowest BCUT2D eigenvalue weighted by atomic mass is 10.1. The van der Waals surface area contributed by atoms with Crippen LogP contribution in [0.2, 0.25) is 0 Å². The molecule has 2 amide bonds. The van der Waals surface area contributed by atoms with Crippen LogP contribution in [-0.2, 0) is 18.9 Å². The highest BCUT2D eigenvalue weighted by Gasteiger charge is 2.29. The van der Waals surface area contributed by atoms with E-state index in [0.29, 0.717) is 22.5 Å². The zero-order valence-corrected chi connectivity index (χ0v) is 17.3. The van der Waals surface area contributed by atoms with Crippen molar-refractivity contribution < 1.29 is 18.8 Å². The average Bonchev–Trinajstić information content (AvgIpc) is 3.18. The summed E-state index contributed by atoms with van der Waals surface area (Å²) in [6.07, 6.45) is 1.64. The van der Waals surface area contributed by atoms with Gasteiger partial charge in [0.05, 0.1) is 11.3 Å².